The highest BCUT2D eigenvalue weighted by atomic mass is 16.5. The lowest BCUT2D eigenvalue weighted by Crippen LogP contribution is -2.23. The van der Waals surface area contributed by atoms with Gasteiger partial charge in [-0.2, -0.15) is 0 Å². The van der Waals surface area contributed by atoms with E-state index in [9.17, 15) is 4.79 Å². The van der Waals surface area contributed by atoms with E-state index in [1.807, 2.05) is 32.0 Å². The summed E-state index contributed by atoms with van der Waals surface area (Å²) in [6.07, 6.45) is 0. The van der Waals surface area contributed by atoms with Crippen molar-refractivity contribution in [3.05, 3.63) is 34.9 Å². The van der Waals surface area contributed by atoms with E-state index < -0.39 is 6.04 Å². The average Bonchev–Trinajstić information content (AvgIpc) is 2.21. The van der Waals surface area contributed by atoms with Gasteiger partial charge in [0.2, 0.25) is 0 Å². The van der Waals surface area contributed by atoms with Crippen LogP contribution in [-0.4, -0.2) is 12.6 Å². The van der Waals surface area contributed by atoms with E-state index in [0.717, 1.165) is 11.1 Å². The molecule has 0 radical (unpaired) electrons. The van der Waals surface area contributed by atoms with Crippen LogP contribution in [0.3, 0.4) is 0 Å². The fourth-order valence-electron chi connectivity index (χ4n) is 1.33. The molecule has 3 nitrogen and oxygen atoms in total. The molecule has 0 saturated carbocycles. The Bertz CT molecular complexity index is 361. The highest BCUT2D eigenvalue weighted by Gasteiger charge is 2.16. The molecule has 2 N–H and O–H groups in total. The first-order valence-corrected chi connectivity index (χ1v) is 5.05. The number of carbonyl (C=O) groups is 1. The maximum atomic E-state index is 11.4. The summed E-state index contributed by atoms with van der Waals surface area (Å²) in [7, 11) is 0. The second-order valence-corrected chi connectivity index (χ2v) is 3.57. The molecule has 0 amide bonds. The summed E-state index contributed by atoms with van der Waals surface area (Å²) in [4.78, 5) is 11.4. The molecular weight excluding hydrogens is 190 g/mol. The van der Waals surface area contributed by atoms with Crippen LogP contribution in [0.5, 0.6) is 0 Å². The summed E-state index contributed by atoms with van der Waals surface area (Å²) in [6, 6.07) is 5.08. The van der Waals surface area contributed by atoms with Gasteiger partial charge < -0.3 is 10.5 Å². The molecule has 0 aromatic heterocycles. The van der Waals surface area contributed by atoms with Gasteiger partial charge in [-0.05, 0) is 37.5 Å². The zero-order chi connectivity index (χ0) is 11.4. The van der Waals surface area contributed by atoms with Crippen LogP contribution in [0.2, 0.25) is 0 Å². The van der Waals surface area contributed by atoms with Crippen molar-refractivity contribution in [2.24, 2.45) is 5.73 Å². The van der Waals surface area contributed by atoms with Crippen molar-refractivity contribution in [3.8, 4) is 0 Å². The Morgan fingerprint density at radius 2 is 2.07 bits per heavy atom. The number of nitrogens with two attached hydrogens (primary N) is 1. The monoisotopic (exact) mass is 207 g/mol. The van der Waals surface area contributed by atoms with E-state index in [1.165, 1.54) is 5.56 Å². The van der Waals surface area contributed by atoms with Gasteiger partial charge in [0.25, 0.3) is 0 Å². The number of esters is 1. The molecule has 0 saturated heterocycles. The van der Waals surface area contributed by atoms with Crippen LogP contribution >= 0.6 is 0 Å². The van der Waals surface area contributed by atoms with E-state index >= 15 is 0 Å². The Labute approximate surface area is 90.2 Å². The SMILES string of the molecule is CCOC(=O)C(N)c1ccc(C)c(C)c1. The van der Waals surface area contributed by atoms with Crippen molar-refractivity contribution in [2.75, 3.05) is 6.61 Å². The smallest absolute Gasteiger partial charge is 0.327 e. The van der Waals surface area contributed by atoms with Crippen LogP contribution in [0.25, 0.3) is 0 Å². The van der Waals surface area contributed by atoms with Crippen molar-refractivity contribution < 1.29 is 9.53 Å². The van der Waals surface area contributed by atoms with Crippen LogP contribution in [0.15, 0.2) is 18.2 Å². The molecular formula is C12H17NO2. The fraction of sp³-hybridized carbons (Fsp3) is 0.417. The van der Waals surface area contributed by atoms with Gasteiger partial charge in [0.05, 0.1) is 6.61 Å². The zero-order valence-electron chi connectivity index (χ0n) is 9.41. The minimum absolute atomic E-state index is 0.359. The first-order valence-electron chi connectivity index (χ1n) is 5.05. The Hall–Kier alpha value is -1.35. The number of benzene rings is 1. The van der Waals surface area contributed by atoms with E-state index in [2.05, 4.69) is 0 Å². The first-order chi connectivity index (χ1) is 7.06. The number of rotatable bonds is 3. The van der Waals surface area contributed by atoms with Gasteiger partial charge in [0.1, 0.15) is 6.04 Å². The molecule has 0 heterocycles. The van der Waals surface area contributed by atoms with E-state index in [1.54, 1.807) is 6.92 Å². The molecule has 3 heteroatoms. The first kappa shape index (κ1) is 11.7. The van der Waals surface area contributed by atoms with E-state index in [-0.39, 0.29) is 5.97 Å². The number of hydrogen-bond acceptors (Lipinski definition) is 3. The number of hydrogen-bond donors (Lipinski definition) is 1. The summed E-state index contributed by atoms with van der Waals surface area (Å²) in [6.45, 7) is 6.15. The van der Waals surface area contributed by atoms with Crippen molar-refractivity contribution in [2.45, 2.75) is 26.8 Å². The maximum Gasteiger partial charge on any atom is 0.327 e. The predicted octanol–water partition coefficient (Wildman–Crippen LogP) is 1.87. The largest absolute Gasteiger partial charge is 0.465 e. The van der Waals surface area contributed by atoms with Crippen molar-refractivity contribution in [1.82, 2.24) is 0 Å². The Balaban J connectivity index is 2.86. The zero-order valence-corrected chi connectivity index (χ0v) is 9.41. The molecule has 1 rings (SSSR count). The minimum atomic E-state index is -0.677. The van der Waals surface area contributed by atoms with Crippen LogP contribution in [0.1, 0.15) is 29.7 Å². The Morgan fingerprint density at radius 1 is 1.40 bits per heavy atom. The summed E-state index contributed by atoms with van der Waals surface area (Å²) in [5, 5.41) is 0. The minimum Gasteiger partial charge on any atom is -0.465 e. The van der Waals surface area contributed by atoms with Gasteiger partial charge in [0.15, 0.2) is 0 Å². The highest BCUT2D eigenvalue weighted by Crippen LogP contribution is 2.16. The number of ether oxygens (including phenoxy) is 1. The standard InChI is InChI=1S/C12H17NO2/c1-4-15-12(14)11(13)10-6-5-8(2)9(3)7-10/h5-7,11H,4,13H2,1-3H3. The molecule has 15 heavy (non-hydrogen) atoms. The molecule has 1 unspecified atom stereocenters. The third-order valence-corrected chi connectivity index (χ3v) is 2.43. The third kappa shape index (κ3) is 2.80. The van der Waals surface area contributed by atoms with Gasteiger partial charge in [-0.3, -0.25) is 0 Å². The van der Waals surface area contributed by atoms with Gasteiger partial charge >= 0.3 is 5.97 Å². The lowest BCUT2D eigenvalue weighted by Gasteiger charge is -2.12. The molecule has 0 aliphatic heterocycles. The van der Waals surface area contributed by atoms with Crippen LogP contribution in [0, 0.1) is 13.8 Å². The summed E-state index contributed by atoms with van der Waals surface area (Å²) in [5.74, 6) is -0.374. The summed E-state index contributed by atoms with van der Waals surface area (Å²) < 4.78 is 4.86. The summed E-state index contributed by atoms with van der Waals surface area (Å²) >= 11 is 0. The predicted molar refractivity (Wildman–Crippen MR) is 59.5 cm³/mol. The molecule has 0 aliphatic carbocycles. The number of carbonyl (C=O) groups excluding carboxylic acids is 1. The quantitative estimate of drug-likeness (QED) is 0.770. The highest BCUT2D eigenvalue weighted by molar-refractivity contribution is 5.77. The third-order valence-electron chi connectivity index (χ3n) is 2.43. The van der Waals surface area contributed by atoms with Crippen LogP contribution in [0.4, 0.5) is 0 Å². The molecule has 0 bridgehead atoms. The molecule has 0 aliphatic rings. The summed E-state index contributed by atoms with van der Waals surface area (Å²) in [5.41, 5.74) is 8.89. The number of aryl methyl sites for hydroxylation is 2. The normalized spacial score (nSPS) is 12.3. The van der Waals surface area contributed by atoms with Gasteiger partial charge in [-0.25, -0.2) is 4.79 Å². The fourth-order valence-corrected chi connectivity index (χ4v) is 1.33. The van der Waals surface area contributed by atoms with Gasteiger partial charge in [-0.1, -0.05) is 18.2 Å². The van der Waals surface area contributed by atoms with Crippen LogP contribution < -0.4 is 5.73 Å². The maximum absolute atomic E-state index is 11.4. The molecule has 0 spiro atoms. The molecule has 1 aromatic rings. The van der Waals surface area contributed by atoms with Gasteiger partial charge in [-0.15, -0.1) is 0 Å². The Morgan fingerprint density at radius 3 is 2.60 bits per heavy atom. The van der Waals surface area contributed by atoms with Crippen molar-refractivity contribution >= 4 is 5.97 Å². The topological polar surface area (TPSA) is 52.3 Å². The second kappa shape index (κ2) is 4.94. The van der Waals surface area contributed by atoms with Crippen molar-refractivity contribution in [3.63, 3.8) is 0 Å². The molecule has 82 valence electrons. The van der Waals surface area contributed by atoms with Crippen molar-refractivity contribution in [1.29, 1.82) is 0 Å². The lowest BCUT2D eigenvalue weighted by atomic mass is 10.0. The molecule has 1 atom stereocenters. The Kier molecular flexibility index (Phi) is 3.86. The lowest BCUT2D eigenvalue weighted by molar-refractivity contribution is -0.144. The van der Waals surface area contributed by atoms with Gasteiger partial charge in [0, 0.05) is 0 Å². The van der Waals surface area contributed by atoms with E-state index in [0.29, 0.717) is 6.61 Å². The average molecular weight is 207 g/mol. The second-order valence-electron chi connectivity index (χ2n) is 3.57. The molecule has 1 aromatic carbocycles. The molecule has 0 fully saturated rings. The van der Waals surface area contributed by atoms with Crippen LogP contribution in [-0.2, 0) is 9.53 Å². The van der Waals surface area contributed by atoms with E-state index in [4.69, 9.17) is 10.5 Å².